The smallest absolute Gasteiger partial charge is 0.325 e. The molecule has 1 N–H and O–H groups in total. The van der Waals surface area contributed by atoms with Crippen molar-refractivity contribution in [3.63, 3.8) is 0 Å². The zero-order valence-corrected chi connectivity index (χ0v) is 13.2. The maximum absolute atomic E-state index is 12.9. The first-order chi connectivity index (χ1) is 10.6. The number of benzene rings is 1. The van der Waals surface area contributed by atoms with E-state index in [4.69, 9.17) is 16.3 Å². The van der Waals surface area contributed by atoms with Crippen LogP contribution >= 0.6 is 11.6 Å². The summed E-state index contributed by atoms with van der Waals surface area (Å²) in [6.07, 6.45) is 1.70. The Morgan fingerprint density at radius 1 is 1.36 bits per heavy atom. The maximum Gasteiger partial charge on any atom is 0.325 e. The molecule has 1 spiro atoms. The summed E-state index contributed by atoms with van der Waals surface area (Å²) in [4.78, 5) is 26.7. The number of imide groups is 1. The lowest BCUT2D eigenvalue weighted by molar-refractivity contribution is -0.136. The summed E-state index contributed by atoms with van der Waals surface area (Å²) in [6, 6.07) is 6.71. The van der Waals surface area contributed by atoms with E-state index in [-0.39, 0.29) is 18.0 Å². The molecule has 1 aromatic carbocycles. The van der Waals surface area contributed by atoms with Crippen LogP contribution in [0.25, 0.3) is 0 Å². The fourth-order valence-corrected chi connectivity index (χ4v) is 3.46. The predicted molar refractivity (Wildman–Crippen MR) is 82.6 cm³/mol. The van der Waals surface area contributed by atoms with Crippen molar-refractivity contribution in [2.45, 2.75) is 37.8 Å². The van der Waals surface area contributed by atoms with Gasteiger partial charge in [-0.1, -0.05) is 30.7 Å². The number of halogens is 1. The van der Waals surface area contributed by atoms with Crippen LogP contribution in [0.2, 0.25) is 5.02 Å². The third-order valence-electron chi connectivity index (χ3n) is 4.47. The van der Waals surface area contributed by atoms with Crippen LogP contribution in [0, 0.1) is 0 Å². The molecule has 0 saturated carbocycles. The van der Waals surface area contributed by atoms with E-state index < -0.39 is 5.54 Å². The van der Waals surface area contributed by atoms with Gasteiger partial charge in [-0.3, -0.25) is 9.69 Å². The van der Waals surface area contributed by atoms with Gasteiger partial charge in [0.25, 0.3) is 5.91 Å². The van der Waals surface area contributed by atoms with Gasteiger partial charge in [-0.15, -0.1) is 0 Å². The number of rotatable bonds is 3. The van der Waals surface area contributed by atoms with Crippen molar-refractivity contribution in [2.24, 2.45) is 0 Å². The molecule has 22 heavy (non-hydrogen) atoms. The van der Waals surface area contributed by atoms with Crippen LogP contribution in [-0.4, -0.2) is 35.6 Å². The molecule has 5 nitrogen and oxygen atoms in total. The highest BCUT2D eigenvalue weighted by atomic mass is 35.5. The van der Waals surface area contributed by atoms with E-state index in [0.717, 1.165) is 5.56 Å². The lowest BCUT2D eigenvalue weighted by Gasteiger charge is -2.31. The summed E-state index contributed by atoms with van der Waals surface area (Å²) in [7, 11) is 0. The van der Waals surface area contributed by atoms with E-state index in [1.165, 1.54) is 4.90 Å². The van der Waals surface area contributed by atoms with Gasteiger partial charge in [0, 0.05) is 31.1 Å². The lowest BCUT2D eigenvalue weighted by atomic mass is 9.89. The van der Waals surface area contributed by atoms with Crippen LogP contribution in [0.1, 0.15) is 37.8 Å². The van der Waals surface area contributed by atoms with Crippen LogP contribution in [0.5, 0.6) is 0 Å². The number of hydrogen-bond acceptors (Lipinski definition) is 3. The Bertz CT molecular complexity index is 599. The molecule has 118 valence electrons. The lowest BCUT2D eigenvalue weighted by Crippen LogP contribution is -2.51. The molecule has 0 aliphatic carbocycles. The molecule has 2 saturated heterocycles. The van der Waals surface area contributed by atoms with Crippen LogP contribution in [-0.2, 0) is 9.53 Å². The van der Waals surface area contributed by atoms with Crippen molar-refractivity contribution in [1.82, 2.24) is 10.2 Å². The minimum absolute atomic E-state index is 0.146. The van der Waals surface area contributed by atoms with Crippen molar-refractivity contribution in [2.75, 3.05) is 13.2 Å². The number of nitrogens with zero attached hydrogens (tertiary/aromatic N) is 1. The van der Waals surface area contributed by atoms with Gasteiger partial charge in [0.05, 0.1) is 6.04 Å². The average molecular weight is 323 g/mol. The normalized spacial score (nSPS) is 22.0. The molecule has 6 heteroatoms. The van der Waals surface area contributed by atoms with Crippen LogP contribution < -0.4 is 5.32 Å². The Morgan fingerprint density at radius 2 is 2.09 bits per heavy atom. The fourth-order valence-electron chi connectivity index (χ4n) is 3.26. The molecule has 0 aromatic heterocycles. The Morgan fingerprint density at radius 3 is 2.73 bits per heavy atom. The van der Waals surface area contributed by atoms with Gasteiger partial charge in [0.2, 0.25) is 0 Å². The van der Waals surface area contributed by atoms with Gasteiger partial charge in [0.15, 0.2) is 0 Å². The summed E-state index contributed by atoms with van der Waals surface area (Å²) in [5.74, 6) is -0.146. The van der Waals surface area contributed by atoms with E-state index >= 15 is 0 Å². The van der Waals surface area contributed by atoms with E-state index in [1.807, 2.05) is 25.1 Å². The second-order valence-electron chi connectivity index (χ2n) is 5.78. The zero-order valence-electron chi connectivity index (χ0n) is 12.5. The second-order valence-corrected chi connectivity index (χ2v) is 6.22. The van der Waals surface area contributed by atoms with Crippen LogP contribution in [0.4, 0.5) is 4.79 Å². The van der Waals surface area contributed by atoms with Crippen LogP contribution in [0.3, 0.4) is 0 Å². The van der Waals surface area contributed by atoms with Crippen molar-refractivity contribution < 1.29 is 14.3 Å². The first kappa shape index (κ1) is 15.3. The van der Waals surface area contributed by atoms with Gasteiger partial charge in [-0.25, -0.2) is 4.79 Å². The van der Waals surface area contributed by atoms with Crippen molar-refractivity contribution in [3.05, 3.63) is 34.9 Å². The number of amides is 3. The summed E-state index contributed by atoms with van der Waals surface area (Å²) in [5, 5.41) is 3.49. The first-order valence-corrected chi connectivity index (χ1v) is 7.94. The number of nitrogens with one attached hydrogen (secondary N) is 1. The molecular formula is C16H19ClN2O3. The van der Waals surface area contributed by atoms with E-state index in [0.29, 0.717) is 37.5 Å². The topological polar surface area (TPSA) is 58.6 Å². The van der Waals surface area contributed by atoms with Crippen LogP contribution in [0.15, 0.2) is 24.3 Å². The van der Waals surface area contributed by atoms with Crippen molar-refractivity contribution >= 4 is 23.5 Å². The SMILES string of the molecule is CCC(c1cccc(Cl)c1)N1C(=O)NC2(CCOCC2)C1=O. The number of hydrogen-bond donors (Lipinski definition) is 1. The molecule has 2 fully saturated rings. The second kappa shape index (κ2) is 5.89. The summed E-state index contributed by atoms with van der Waals surface area (Å²) >= 11 is 6.05. The molecular weight excluding hydrogens is 304 g/mol. The minimum Gasteiger partial charge on any atom is -0.381 e. The Labute approximate surface area is 134 Å². The highest BCUT2D eigenvalue weighted by Crippen LogP contribution is 2.35. The van der Waals surface area contributed by atoms with Gasteiger partial charge in [-0.2, -0.15) is 0 Å². The standard InChI is InChI=1S/C16H19ClN2O3/c1-2-13(11-4-3-5-12(17)10-11)19-14(20)16(18-15(19)21)6-8-22-9-7-16/h3-5,10,13H,2,6-9H2,1H3,(H,18,21). The Kier molecular flexibility index (Phi) is 4.10. The average Bonchev–Trinajstić information content (AvgIpc) is 2.73. The highest BCUT2D eigenvalue weighted by molar-refractivity contribution is 6.30. The first-order valence-electron chi connectivity index (χ1n) is 7.56. The van der Waals surface area contributed by atoms with Gasteiger partial charge in [0.1, 0.15) is 5.54 Å². The molecule has 3 amide bonds. The molecule has 1 unspecified atom stereocenters. The molecule has 1 aromatic rings. The van der Waals surface area contributed by atoms with Crippen molar-refractivity contribution in [3.8, 4) is 0 Å². The van der Waals surface area contributed by atoms with E-state index in [9.17, 15) is 9.59 Å². The summed E-state index contributed by atoms with van der Waals surface area (Å²) < 4.78 is 5.32. The Hall–Kier alpha value is -1.59. The van der Waals surface area contributed by atoms with E-state index in [2.05, 4.69) is 5.32 Å². The zero-order chi connectivity index (χ0) is 15.7. The van der Waals surface area contributed by atoms with Gasteiger partial charge in [-0.05, 0) is 24.1 Å². The highest BCUT2D eigenvalue weighted by Gasteiger charge is 2.53. The van der Waals surface area contributed by atoms with E-state index in [1.54, 1.807) is 6.07 Å². The minimum atomic E-state index is -0.790. The van der Waals surface area contributed by atoms with Gasteiger partial charge < -0.3 is 10.1 Å². The number of carbonyl (C=O) groups is 2. The third-order valence-corrected chi connectivity index (χ3v) is 4.71. The predicted octanol–water partition coefficient (Wildman–Crippen LogP) is 2.89. The van der Waals surface area contributed by atoms with Gasteiger partial charge >= 0.3 is 6.03 Å². The molecule has 3 rings (SSSR count). The molecule has 2 aliphatic rings. The molecule has 0 bridgehead atoms. The fraction of sp³-hybridized carbons (Fsp3) is 0.500. The maximum atomic E-state index is 12.9. The largest absolute Gasteiger partial charge is 0.381 e. The summed E-state index contributed by atoms with van der Waals surface area (Å²) in [6.45, 7) is 2.95. The molecule has 2 heterocycles. The number of urea groups is 1. The number of ether oxygens (including phenoxy) is 1. The Balaban J connectivity index is 1.92. The molecule has 1 atom stereocenters. The quantitative estimate of drug-likeness (QED) is 0.870. The third kappa shape index (κ3) is 2.48. The van der Waals surface area contributed by atoms with Crippen molar-refractivity contribution in [1.29, 1.82) is 0 Å². The molecule has 2 aliphatic heterocycles. The summed E-state index contributed by atoms with van der Waals surface area (Å²) in [5.41, 5.74) is 0.0871. The molecule has 0 radical (unpaired) electrons. The monoisotopic (exact) mass is 322 g/mol. The number of carbonyl (C=O) groups excluding carboxylic acids is 2.